The number of amides is 1. The number of aliphatic hydroxyl groups excluding tert-OH is 5. The fourth-order valence-corrected chi connectivity index (χ4v) is 11.4. The van der Waals surface area contributed by atoms with E-state index in [-0.39, 0.29) is 18.5 Å². The van der Waals surface area contributed by atoms with E-state index in [4.69, 9.17) is 14.2 Å². The van der Waals surface area contributed by atoms with Crippen molar-refractivity contribution in [3.63, 3.8) is 0 Å². The van der Waals surface area contributed by atoms with Crippen molar-refractivity contribution >= 4 is 11.9 Å². The van der Waals surface area contributed by atoms with Gasteiger partial charge in [-0.25, -0.2) is 0 Å². The quantitative estimate of drug-likeness (QED) is 0.0195. The first kappa shape index (κ1) is 78.9. The summed E-state index contributed by atoms with van der Waals surface area (Å²) in [6.45, 7) is 4.34. The highest BCUT2D eigenvalue weighted by Crippen LogP contribution is 2.23. The third-order valence-electron chi connectivity index (χ3n) is 17.0. The highest BCUT2D eigenvalue weighted by atomic mass is 16.7. The minimum absolute atomic E-state index is 0.00517. The molecule has 1 rings (SSSR count). The summed E-state index contributed by atoms with van der Waals surface area (Å²) in [4.78, 5) is 25.2. The zero-order valence-electron chi connectivity index (χ0n) is 54.2. The lowest BCUT2D eigenvalue weighted by Crippen LogP contribution is -2.60. The molecule has 0 saturated carbocycles. The van der Waals surface area contributed by atoms with Gasteiger partial charge in [0.2, 0.25) is 5.91 Å². The number of carbonyl (C=O) groups excluding carboxylic acids is 2. The van der Waals surface area contributed by atoms with Crippen molar-refractivity contribution in [2.45, 2.75) is 391 Å². The molecule has 0 aromatic heterocycles. The highest BCUT2D eigenvalue weighted by molar-refractivity contribution is 5.76. The minimum Gasteiger partial charge on any atom is -0.466 e. The Morgan fingerprint density at radius 2 is 0.807 bits per heavy atom. The van der Waals surface area contributed by atoms with Gasteiger partial charge in [-0.2, -0.15) is 0 Å². The molecular weight excluding hydrogens is 1040 g/mol. The summed E-state index contributed by atoms with van der Waals surface area (Å²) in [6, 6.07) is -0.808. The largest absolute Gasteiger partial charge is 0.466 e. The smallest absolute Gasteiger partial charge is 0.305 e. The average molecular weight is 1170 g/mol. The number of hydrogen-bond donors (Lipinski definition) is 6. The van der Waals surface area contributed by atoms with Crippen molar-refractivity contribution < 1.29 is 49.3 Å². The predicted octanol–water partition coefficient (Wildman–Crippen LogP) is 18.2. The van der Waals surface area contributed by atoms with Crippen LogP contribution in [0.25, 0.3) is 0 Å². The Hall–Kier alpha value is -2.12. The Labute approximate surface area is 511 Å². The maximum absolute atomic E-state index is 13.1. The molecule has 0 aliphatic carbocycles. The zero-order valence-corrected chi connectivity index (χ0v) is 54.2. The van der Waals surface area contributed by atoms with E-state index >= 15 is 0 Å². The van der Waals surface area contributed by atoms with Gasteiger partial charge >= 0.3 is 5.97 Å². The summed E-state index contributed by atoms with van der Waals surface area (Å²) >= 11 is 0. The zero-order chi connectivity index (χ0) is 60.2. The second kappa shape index (κ2) is 61.5. The number of esters is 1. The SMILES string of the molecule is CCCCC/C=C\C/C=C\CCCCCCCC(=O)OCCCCCCCCCCCCCCCCCCCCCCCCCCCCCC(=O)N[C@@H](CO[C@@H]1O[C@H](CO)[C@@H](O)[C@H](O)[C@H]1O)[C@H](O)/C=C/CCCCCCCCCCCCC. The van der Waals surface area contributed by atoms with Crippen LogP contribution in [0.15, 0.2) is 36.5 Å². The Balaban J connectivity index is 1.96. The number of carbonyl (C=O) groups is 2. The lowest BCUT2D eigenvalue weighted by Gasteiger charge is -2.40. The van der Waals surface area contributed by atoms with E-state index < -0.39 is 49.5 Å². The summed E-state index contributed by atoms with van der Waals surface area (Å²) in [5.41, 5.74) is 0. The molecule has 1 aliphatic rings. The van der Waals surface area contributed by atoms with Gasteiger partial charge in [-0.15, -0.1) is 0 Å². The second-order valence-electron chi connectivity index (χ2n) is 24.9. The van der Waals surface area contributed by atoms with Crippen LogP contribution in [0.3, 0.4) is 0 Å². The van der Waals surface area contributed by atoms with Gasteiger partial charge < -0.3 is 45.1 Å². The summed E-state index contributed by atoms with van der Waals surface area (Å²) in [6.07, 6.45) is 68.4. The Bertz CT molecular complexity index is 1470. The van der Waals surface area contributed by atoms with E-state index in [1.54, 1.807) is 6.08 Å². The van der Waals surface area contributed by atoms with Crippen LogP contribution < -0.4 is 5.32 Å². The molecule has 1 heterocycles. The predicted molar refractivity (Wildman–Crippen MR) is 347 cm³/mol. The average Bonchev–Trinajstić information content (AvgIpc) is 3.66. The summed E-state index contributed by atoms with van der Waals surface area (Å²) < 4.78 is 16.8. The number of nitrogens with one attached hydrogen (secondary N) is 1. The summed E-state index contributed by atoms with van der Waals surface area (Å²) in [5.74, 6) is -0.182. The molecule has 1 aliphatic heterocycles. The molecule has 83 heavy (non-hydrogen) atoms. The molecule has 488 valence electrons. The molecule has 1 amide bonds. The van der Waals surface area contributed by atoms with Gasteiger partial charge in [0.15, 0.2) is 6.29 Å². The van der Waals surface area contributed by atoms with Crippen LogP contribution in [0, 0.1) is 0 Å². The van der Waals surface area contributed by atoms with Gasteiger partial charge in [0.05, 0.1) is 32.0 Å². The summed E-state index contributed by atoms with van der Waals surface area (Å²) in [5, 5.41) is 54.5. The summed E-state index contributed by atoms with van der Waals surface area (Å²) in [7, 11) is 0. The highest BCUT2D eigenvalue weighted by Gasteiger charge is 2.44. The van der Waals surface area contributed by atoms with Crippen molar-refractivity contribution in [1.82, 2.24) is 5.32 Å². The number of allylic oxidation sites excluding steroid dienone is 5. The van der Waals surface area contributed by atoms with E-state index in [1.807, 2.05) is 6.08 Å². The number of ether oxygens (including phenoxy) is 3. The number of rotatable bonds is 63. The molecule has 0 aromatic rings. The molecule has 0 radical (unpaired) electrons. The van der Waals surface area contributed by atoms with Crippen molar-refractivity contribution in [3.05, 3.63) is 36.5 Å². The third-order valence-corrected chi connectivity index (χ3v) is 17.0. The molecule has 0 spiro atoms. The standard InChI is InChI=1S/C72H135NO10/c1-3-5-7-9-11-13-15-17-31-36-40-44-48-52-56-60-68(77)81-61-57-53-49-45-41-37-33-30-28-26-24-22-20-18-19-21-23-25-27-29-32-35-39-43-47-51-55-59-67(76)73-64(63-82-72-71(80)70(79)69(78)66(62-74)83-72)65(75)58-54-50-46-42-38-34-16-14-12-10-8-6-4-2/h11,13,17,31,54,58,64-66,69-72,74-75,78-80H,3-10,12,14-16,18-30,32-53,55-57,59-63H2,1-2H3,(H,73,76)/b13-11-,31-17-,58-54+/t64-,65+,66+,69+,70-,71+,72+/m0/s1. The van der Waals surface area contributed by atoms with Crippen LogP contribution in [0.2, 0.25) is 0 Å². The van der Waals surface area contributed by atoms with E-state index in [2.05, 4.69) is 43.5 Å². The van der Waals surface area contributed by atoms with E-state index in [9.17, 15) is 35.1 Å². The van der Waals surface area contributed by atoms with Crippen LogP contribution in [0.5, 0.6) is 0 Å². The topological polar surface area (TPSA) is 175 Å². The molecule has 11 nitrogen and oxygen atoms in total. The molecular formula is C72H135NO10. The maximum atomic E-state index is 13.1. The fourth-order valence-electron chi connectivity index (χ4n) is 11.4. The van der Waals surface area contributed by atoms with Crippen LogP contribution in [-0.4, -0.2) is 100 Å². The van der Waals surface area contributed by atoms with Gasteiger partial charge in [-0.1, -0.05) is 307 Å². The van der Waals surface area contributed by atoms with Crippen LogP contribution in [0.1, 0.15) is 348 Å². The van der Waals surface area contributed by atoms with E-state index in [0.29, 0.717) is 19.4 Å². The van der Waals surface area contributed by atoms with E-state index in [0.717, 1.165) is 64.2 Å². The normalized spacial score (nSPS) is 18.3. The second-order valence-corrected chi connectivity index (χ2v) is 24.9. The monoisotopic (exact) mass is 1170 g/mol. The number of unbranched alkanes of at least 4 members (excludes halogenated alkanes) is 45. The molecule has 1 saturated heterocycles. The van der Waals surface area contributed by atoms with Crippen molar-refractivity contribution in [1.29, 1.82) is 0 Å². The Morgan fingerprint density at radius 3 is 1.24 bits per heavy atom. The molecule has 0 bridgehead atoms. The maximum Gasteiger partial charge on any atom is 0.305 e. The molecule has 6 N–H and O–H groups in total. The number of aliphatic hydroxyl groups is 5. The van der Waals surface area contributed by atoms with E-state index in [1.165, 1.54) is 257 Å². The van der Waals surface area contributed by atoms with Gasteiger partial charge in [-0.05, 0) is 64.2 Å². The molecule has 1 fully saturated rings. The van der Waals surface area contributed by atoms with Crippen molar-refractivity contribution in [2.24, 2.45) is 0 Å². The molecule has 0 unspecified atom stereocenters. The minimum atomic E-state index is -1.57. The molecule has 0 aromatic carbocycles. The Morgan fingerprint density at radius 1 is 0.446 bits per heavy atom. The van der Waals surface area contributed by atoms with Crippen molar-refractivity contribution in [3.8, 4) is 0 Å². The lowest BCUT2D eigenvalue weighted by molar-refractivity contribution is -0.302. The van der Waals surface area contributed by atoms with Gasteiger partial charge in [0.1, 0.15) is 24.4 Å². The lowest BCUT2D eigenvalue weighted by atomic mass is 9.99. The van der Waals surface area contributed by atoms with Gasteiger partial charge in [-0.3, -0.25) is 9.59 Å². The Kier molecular flexibility index (Phi) is 58.5. The first-order chi connectivity index (χ1) is 40.7. The fraction of sp³-hybridized carbons (Fsp3) is 0.889. The first-order valence-corrected chi connectivity index (χ1v) is 35.8. The van der Waals surface area contributed by atoms with Crippen LogP contribution in [-0.2, 0) is 23.8 Å². The van der Waals surface area contributed by atoms with Gasteiger partial charge in [0, 0.05) is 12.8 Å². The molecule has 7 atom stereocenters. The van der Waals surface area contributed by atoms with Gasteiger partial charge in [0.25, 0.3) is 0 Å². The third kappa shape index (κ3) is 50.6. The molecule has 11 heteroatoms. The first-order valence-electron chi connectivity index (χ1n) is 35.8. The van der Waals surface area contributed by atoms with Crippen molar-refractivity contribution in [2.75, 3.05) is 19.8 Å². The van der Waals surface area contributed by atoms with Crippen LogP contribution in [0.4, 0.5) is 0 Å². The number of hydrogen-bond acceptors (Lipinski definition) is 10. The van der Waals surface area contributed by atoms with Crippen LogP contribution >= 0.6 is 0 Å².